The Bertz CT molecular complexity index is 1620. The Morgan fingerprint density at radius 1 is 0.881 bits per heavy atom. The molecule has 0 unspecified atom stereocenters. The zero-order valence-electron chi connectivity index (χ0n) is 24.3. The molecule has 0 aliphatic heterocycles. The third-order valence-electron chi connectivity index (χ3n) is 8.29. The molecule has 7 nitrogen and oxygen atoms in total. The smallest absolute Gasteiger partial charge is 0.261 e. The molecule has 3 N–H and O–H groups in total. The molecule has 0 radical (unpaired) electrons. The predicted octanol–water partition coefficient (Wildman–Crippen LogP) is 5.81. The lowest BCUT2D eigenvalue weighted by Gasteiger charge is -2.46. The van der Waals surface area contributed by atoms with Gasteiger partial charge in [-0.15, -0.1) is 0 Å². The van der Waals surface area contributed by atoms with Gasteiger partial charge in [-0.05, 0) is 53.2 Å². The summed E-state index contributed by atoms with van der Waals surface area (Å²) in [6.45, 7) is 6.96. The standard InChI is InChI=1S/C33H37FN6OSi/c1-33(2,3)42(26-10-6-4-7-11-26,27-12-8-5-9-13-27)41-25-17-15-24(16-18-25)38-31-28(35)20-37-32(39-31)29-21-36-30-19-14-23(34)22-40(29)30/h4-14,19-22,24-25H,15-18,35H2,1-3H3,(H,37,38,39). The molecule has 42 heavy (non-hydrogen) atoms. The molecule has 1 fully saturated rings. The predicted molar refractivity (Wildman–Crippen MR) is 169 cm³/mol. The molecular formula is C33H37FN6OSi. The van der Waals surface area contributed by atoms with Gasteiger partial charge in [0.2, 0.25) is 0 Å². The van der Waals surface area contributed by atoms with Crippen molar-refractivity contribution in [2.45, 2.75) is 63.6 Å². The molecule has 0 bridgehead atoms. The van der Waals surface area contributed by atoms with Crippen molar-refractivity contribution < 1.29 is 8.82 Å². The highest BCUT2D eigenvalue weighted by Gasteiger charge is 2.51. The van der Waals surface area contributed by atoms with Crippen LogP contribution in [-0.4, -0.2) is 39.8 Å². The molecule has 3 heterocycles. The van der Waals surface area contributed by atoms with E-state index in [0.717, 1.165) is 25.7 Å². The molecular weight excluding hydrogens is 543 g/mol. The molecule has 0 spiro atoms. The zero-order valence-corrected chi connectivity index (χ0v) is 25.3. The van der Waals surface area contributed by atoms with Crippen LogP contribution in [0.4, 0.5) is 15.9 Å². The second kappa shape index (κ2) is 11.3. The van der Waals surface area contributed by atoms with Gasteiger partial charge >= 0.3 is 0 Å². The largest absolute Gasteiger partial charge is 0.404 e. The Morgan fingerprint density at radius 3 is 2.14 bits per heavy atom. The van der Waals surface area contributed by atoms with Crippen LogP contribution >= 0.6 is 0 Å². The van der Waals surface area contributed by atoms with Crippen LogP contribution in [0, 0.1) is 5.82 Å². The number of hydrogen-bond donors (Lipinski definition) is 2. The van der Waals surface area contributed by atoms with Crippen LogP contribution in [0.1, 0.15) is 46.5 Å². The first-order valence-corrected chi connectivity index (χ1v) is 16.5. The van der Waals surface area contributed by atoms with Gasteiger partial charge in [0.15, 0.2) is 11.6 Å². The van der Waals surface area contributed by atoms with E-state index < -0.39 is 8.32 Å². The molecule has 9 heteroatoms. The minimum absolute atomic E-state index is 0.0582. The average molecular weight is 581 g/mol. The third kappa shape index (κ3) is 5.30. The van der Waals surface area contributed by atoms with Crippen LogP contribution in [0.5, 0.6) is 0 Å². The highest BCUT2D eigenvalue weighted by Crippen LogP contribution is 2.39. The summed E-state index contributed by atoms with van der Waals surface area (Å²) >= 11 is 0. The summed E-state index contributed by atoms with van der Waals surface area (Å²) in [5.74, 6) is 0.670. The van der Waals surface area contributed by atoms with Crippen molar-refractivity contribution >= 4 is 35.8 Å². The number of anilines is 2. The molecule has 6 rings (SSSR count). The Kier molecular flexibility index (Phi) is 7.55. The first-order chi connectivity index (χ1) is 20.2. The van der Waals surface area contributed by atoms with Gasteiger partial charge in [-0.2, -0.15) is 0 Å². The van der Waals surface area contributed by atoms with E-state index in [1.54, 1.807) is 22.9 Å². The van der Waals surface area contributed by atoms with Crippen LogP contribution < -0.4 is 21.4 Å². The van der Waals surface area contributed by atoms with Crippen molar-refractivity contribution in [3.8, 4) is 11.5 Å². The van der Waals surface area contributed by atoms with Crippen LogP contribution in [0.15, 0.2) is 91.4 Å². The number of nitrogen functional groups attached to an aromatic ring is 1. The van der Waals surface area contributed by atoms with Gasteiger partial charge in [0.1, 0.15) is 17.2 Å². The van der Waals surface area contributed by atoms with Crippen molar-refractivity contribution in [1.82, 2.24) is 19.4 Å². The van der Waals surface area contributed by atoms with Gasteiger partial charge in [-0.25, -0.2) is 19.3 Å². The Balaban J connectivity index is 1.21. The van der Waals surface area contributed by atoms with Crippen molar-refractivity contribution in [2.75, 3.05) is 11.1 Å². The van der Waals surface area contributed by atoms with E-state index >= 15 is 0 Å². The summed E-state index contributed by atoms with van der Waals surface area (Å²) in [6.07, 6.45) is 8.53. The fourth-order valence-electron chi connectivity index (χ4n) is 6.21. The molecule has 0 saturated heterocycles. The maximum Gasteiger partial charge on any atom is 0.261 e. The van der Waals surface area contributed by atoms with Crippen LogP contribution in [0.2, 0.25) is 5.04 Å². The number of nitrogens with two attached hydrogens (primary N) is 1. The van der Waals surface area contributed by atoms with Gasteiger partial charge in [-0.3, -0.25) is 4.40 Å². The fraction of sp³-hybridized carbons (Fsp3) is 0.303. The number of pyridine rings is 1. The summed E-state index contributed by atoms with van der Waals surface area (Å²) in [6, 6.07) is 24.8. The molecule has 0 atom stereocenters. The van der Waals surface area contributed by atoms with Gasteiger partial charge in [-0.1, -0.05) is 81.4 Å². The number of halogens is 1. The maximum atomic E-state index is 13.9. The second-order valence-electron chi connectivity index (χ2n) is 12.1. The minimum Gasteiger partial charge on any atom is -0.404 e. The molecule has 3 aromatic heterocycles. The quantitative estimate of drug-likeness (QED) is 0.236. The number of benzene rings is 2. The lowest BCUT2D eigenvalue weighted by molar-refractivity contribution is 0.138. The number of imidazole rings is 1. The van der Waals surface area contributed by atoms with Gasteiger partial charge in [0.25, 0.3) is 8.32 Å². The van der Waals surface area contributed by atoms with E-state index in [0.29, 0.717) is 28.7 Å². The fourth-order valence-corrected chi connectivity index (χ4v) is 11.0. The molecule has 5 aromatic rings. The lowest BCUT2D eigenvalue weighted by Crippen LogP contribution is -2.67. The van der Waals surface area contributed by atoms with E-state index in [9.17, 15) is 4.39 Å². The normalized spacial score (nSPS) is 17.8. The van der Waals surface area contributed by atoms with Gasteiger partial charge < -0.3 is 15.5 Å². The molecule has 1 aliphatic rings. The molecule has 0 amide bonds. The molecule has 1 aliphatic carbocycles. The Morgan fingerprint density at radius 2 is 1.52 bits per heavy atom. The number of fused-ring (bicyclic) bond motifs is 1. The van der Waals surface area contributed by atoms with Crippen molar-refractivity contribution in [3.63, 3.8) is 0 Å². The monoisotopic (exact) mass is 580 g/mol. The Labute approximate surface area is 247 Å². The number of nitrogens with one attached hydrogen (secondary N) is 1. The maximum absolute atomic E-state index is 13.9. The molecule has 2 aromatic carbocycles. The minimum atomic E-state index is -2.60. The third-order valence-corrected chi connectivity index (χ3v) is 13.4. The van der Waals surface area contributed by atoms with E-state index in [-0.39, 0.29) is 23.0 Å². The first kappa shape index (κ1) is 28.1. The van der Waals surface area contributed by atoms with Gasteiger partial charge in [0.05, 0.1) is 18.1 Å². The number of rotatable bonds is 7. The highest BCUT2D eigenvalue weighted by molar-refractivity contribution is 6.99. The number of aromatic nitrogens is 4. The molecule has 1 saturated carbocycles. The zero-order chi connectivity index (χ0) is 29.3. The number of hydrogen-bond acceptors (Lipinski definition) is 6. The van der Waals surface area contributed by atoms with E-state index in [1.807, 2.05) is 0 Å². The lowest BCUT2D eigenvalue weighted by atomic mass is 9.93. The van der Waals surface area contributed by atoms with Gasteiger partial charge in [0, 0.05) is 18.3 Å². The van der Waals surface area contributed by atoms with Crippen molar-refractivity contribution in [2.24, 2.45) is 0 Å². The Hall–Kier alpha value is -4.08. The summed E-state index contributed by atoms with van der Waals surface area (Å²) in [4.78, 5) is 13.5. The van der Waals surface area contributed by atoms with Crippen molar-refractivity contribution in [1.29, 1.82) is 0 Å². The summed E-state index contributed by atoms with van der Waals surface area (Å²) in [7, 11) is -2.60. The first-order valence-electron chi connectivity index (χ1n) is 14.6. The highest BCUT2D eigenvalue weighted by atomic mass is 28.4. The summed E-state index contributed by atoms with van der Waals surface area (Å²) < 4.78 is 23.0. The van der Waals surface area contributed by atoms with E-state index in [1.165, 1.54) is 22.6 Å². The topological polar surface area (TPSA) is 90.4 Å². The molecule has 216 valence electrons. The average Bonchev–Trinajstić information content (AvgIpc) is 3.41. The van der Waals surface area contributed by atoms with Crippen LogP contribution in [0.25, 0.3) is 17.2 Å². The van der Waals surface area contributed by atoms with Crippen molar-refractivity contribution in [3.05, 3.63) is 97.2 Å². The number of nitrogens with zero attached hydrogens (tertiary/aromatic N) is 4. The van der Waals surface area contributed by atoms with E-state index in [4.69, 9.17) is 15.1 Å². The summed E-state index contributed by atoms with van der Waals surface area (Å²) in [5, 5.41) is 6.11. The SMILES string of the molecule is CC(C)(C)[Si](OC1CCC(Nc2nc(-c3cnc4ccc(F)cn34)ncc2N)CC1)(c1ccccc1)c1ccccc1. The van der Waals surface area contributed by atoms with Crippen LogP contribution in [-0.2, 0) is 4.43 Å². The second-order valence-corrected chi connectivity index (χ2v) is 16.4. The van der Waals surface area contributed by atoms with E-state index in [2.05, 4.69) is 96.7 Å². The summed E-state index contributed by atoms with van der Waals surface area (Å²) in [5.41, 5.74) is 8.00. The van der Waals surface area contributed by atoms with Crippen LogP contribution in [0.3, 0.4) is 0 Å².